The molecule has 5 heteroatoms. The van der Waals surface area contributed by atoms with Crippen LogP contribution in [0.5, 0.6) is 0 Å². The summed E-state index contributed by atoms with van der Waals surface area (Å²) in [5, 5.41) is 8.87. The van der Waals surface area contributed by atoms with Crippen molar-refractivity contribution in [1.82, 2.24) is 4.98 Å². The number of nitrogens with zero attached hydrogens (tertiary/aromatic N) is 3. The van der Waals surface area contributed by atoms with Crippen molar-refractivity contribution in [3.05, 3.63) is 53.0 Å². The molecule has 0 spiro atoms. The van der Waals surface area contributed by atoms with Gasteiger partial charge in [-0.25, -0.2) is 4.98 Å². The van der Waals surface area contributed by atoms with Gasteiger partial charge in [0.2, 0.25) is 5.13 Å². The second-order valence-electron chi connectivity index (χ2n) is 3.65. The number of hydrogen-bond donors (Lipinski definition) is 0. The van der Waals surface area contributed by atoms with E-state index in [-0.39, 0.29) is 0 Å². The Bertz CT molecular complexity index is 678. The van der Waals surface area contributed by atoms with Crippen LogP contribution in [0.25, 0.3) is 11.1 Å². The number of azo groups is 1. The molecule has 0 radical (unpaired) electrons. The molecule has 88 valence electrons. The maximum atomic E-state index is 5.79. The third kappa shape index (κ3) is 2.25. The molecule has 0 aromatic carbocycles. The number of fused-ring (bicyclic) bond motifs is 1. The molecule has 3 nitrogen and oxygen atoms in total. The predicted octanol–water partition coefficient (Wildman–Crippen LogP) is 5.32. The van der Waals surface area contributed by atoms with Crippen molar-refractivity contribution in [3.8, 4) is 11.1 Å². The molecular weight excluding hydrogens is 266 g/mol. The summed E-state index contributed by atoms with van der Waals surface area (Å²) < 4.78 is 0.614. The lowest BCUT2D eigenvalue weighted by Gasteiger charge is -1.92. The van der Waals surface area contributed by atoms with Crippen LogP contribution in [0.3, 0.4) is 0 Å². The molecular formula is C13H8ClN3S. The highest BCUT2D eigenvalue weighted by Crippen LogP contribution is 2.35. The molecule has 1 heterocycles. The summed E-state index contributed by atoms with van der Waals surface area (Å²) in [6.45, 7) is 0. The first kappa shape index (κ1) is 11.3. The number of aromatic nitrogens is 1. The van der Waals surface area contributed by atoms with E-state index >= 15 is 0 Å². The van der Waals surface area contributed by atoms with Gasteiger partial charge in [-0.1, -0.05) is 59.3 Å². The Kier molecular flexibility index (Phi) is 3.04. The molecule has 3 rings (SSSR count). The standard InChI is InChI=1S/C13H8ClN3S/c14-12-8-15-13(18-12)17-16-11-7-6-9-4-2-1-3-5-10(9)11/h1-8H. The summed E-state index contributed by atoms with van der Waals surface area (Å²) in [6.07, 6.45) is 1.57. The molecule has 0 unspecified atom stereocenters. The average molecular weight is 274 g/mol. The van der Waals surface area contributed by atoms with E-state index in [0.29, 0.717) is 9.47 Å². The molecule has 0 bridgehead atoms. The van der Waals surface area contributed by atoms with Gasteiger partial charge in [0.25, 0.3) is 0 Å². The highest BCUT2D eigenvalue weighted by Gasteiger charge is 2.06. The lowest BCUT2D eigenvalue weighted by atomic mass is 10.2. The fourth-order valence-electron chi connectivity index (χ4n) is 1.67. The van der Waals surface area contributed by atoms with Gasteiger partial charge in [0.05, 0.1) is 11.9 Å². The lowest BCUT2D eigenvalue weighted by Crippen LogP contribution is -1.65. The van der Waals surface area contributed by atoms with E-state index in [1.165, 1.54) is 11.3 Å². The van der Waals surface area contributed by atoms with Crippen LogP contribution in [0.4, 0.5) is 10.8 Å². The minimum atomic E-state index is 0.564. The largest absolute Gasteiger partial charge is 0.231 e. The van der Waals surface area contributed by atoms with Gasteiger partial charge in [-0.2, -0.15) is 0 Å². The quantitative estimate of drug-likeness (QED) is 0.583. The third-order valence-electron chi connectivity index (χ3n) is 2.48. The number of halogens is 1. The summed E-state index contributed by atoms with van der Waals surface area (Å²) in [4.78, 5) is 4.03. The van der Waals surface area contributed by atoms with Crippen LogP contribution >= 0.6 is 22.9 Å². The molecule has 1 aromatic heterocycles. The van der Waals surface area contributed by atoms with E-state index in [4.69, 9.17) is 11.6 Å². The van der Waals surface area contributed by atoms with Crippen LogP contribution in [0.2, 0.25) is 4.34 Å². The maximum absolute atomic E-state index is 5.79. The molecule has 1 aromatic rings. The Morgan fingerprint density at radius 2 is 1.89 bits per heavy atom. The second kappa shape index (κ2) is 4.84. The Hall–Kier alpha value is -1.78. The zero-order chi connectivity index (χ0) is 12.4. The molecule has 0 N–H and O–H groups in total. The van der Waals surface area contributed by atoms with Gasteiger partial charge < -0.3 is 0 Å². The summed E-state index contributed by atoms with van der Waals surface area (Å²) in [6, 6.07) is 14.0. The van der Waals surface area contributed by atoms with E-state index < -0.39 is 0 Å². The van der Waals surface area contributed by atoms with Crippen molar-refractivity contribution in [1.29, 1.82) is 0 Å². The van der Waals surface area contributed by atoms with Crippen LogP contribution in [-0.4, -0.2) is 4.98 Å². The van der Waals surface area contributed by atoms with Crippen molar-refractivity contribution in [2.75, 3.05) is 0 Å². The monoisotopic (exact) mass is 273 g/mol. The fourth-order valence-corrected chi connectivity index (χ4v) is 2.40. The van der Waals surface area contributed by atoms with Crippen LogP contribution in [0.1, 0.15) is 0 Å². The minimum absolute atomic E-state index is 0.564. The van der Waals surface area contributed by atoms with Crippen molar-refractivity contribution < 1.29 is 0 Å². The normalized spacial score (nSPS) is 11.4. The van der Waals surface area contributed by atoms with Crippen LogP contribution < -0.4 is 0 Å². The van der Waals surface area contributed by atoms with Crippen molar-refractivity contribution in [3.63, 3.8) is 0 Å². The maximum Gasteiger partial charge on any atom is 0.231 e. The zero-order valence-corrected chi connectivity index (χ0v) is 10.8. The summed E-state index contributed by atoms with van der Waals surface area (Å²) in [5.74, 6) is 0. The smallest absolute Gasteiger partial charge is 0.224 e. The van der Waals surface area contributed by atoms with Crippen molar-refractivity contribution in [2.45, 2.75) is 0 Å². The summed E-state index contributed by atoms with van der Waals surface area (Å²) >= 11 is 7.09. The van der Waals surface area contributed by atoms with Crippen molar-refractivity contribution in [2.24, 2.45) is 10.2 Å². The van der Waals surface area contributed by atoms with Gasteiger partial charge in [-0.3, -0.25) is 0 Å². The molecule has 0 atom stereocenters. The molecule has 0 amide bonds. The van der Waals surface area contributed by atoms with Crippen LogP contribution in [0.15, 0.2) is 58.9 Å². The zero-order valence-electron chi connectivity index (χ0n) is 9.25. The Balaban J connectivity index is 1.95. The summed E-state index contributed by atoms with van der Waals surface area (Å²) in [5.41, 5.74) is 3.06. The van der Waals surface area contributed by atoms with Gasteiger partial charge in [0, 0.05) is 5.56 Å². The van der Waals surface area contributed by atoms with Gasteiger partial charge in [-0.15, -0.1) is 10.2 Å². The molecule has 0 saturated heterocycles. The molecule has 0 aliphatic heterocycles. The molecule has 2 aliphatic carbocycles. The molecule has 0 saturated carbocycles. The minimum Gasteiger partial charge on any atom is -0.224 e. The Labute approximate surface area is 113 Å². The first-order valence-corrected chi connectivity index (χ1v) is 6.53. The first-order valence-electron chi connectivity index (χ1n) is 5.34. The van der Waals surface area contributed by atoms with Gasteiger partial charge >= 0.3 is 0 Å². The van der Waals surface area contributed by atoms with E-state index in [9.17, 15) is 0 Å². The number of rotatable bonds is 2. The van der Waals surface area contributed by atoms with E-state index in [1.54, 1.807) is 6.20 Å². The van der Waals surface area contributed by atoms with Crippen molar-refractivity contribution >= 4 is 33.8 Å². The topological polar surface area (TPSA) is 37.6 Å². The van der Waals surface area contributed by atoms with E-state index in [1.807, 2.05) is 36.4 Å². The van der Waals surface area contributed by atoms with E-state index in [2.05, 4.69) is 21.3 Å². The SMILES string of the molecule is Clc1cnc(N=Nc2ccc3cccccc2-3)s1. The fraction of sp³-hybridized carbons (Fsp3) is 0. The average Bonchev–Trinajstić information content (AvgIpc) is 2.87. The van der Waals surface area contributed by atoms with Crippen LogP contribution in [-0.2, 0) is 0 Å². The van der Waals surface area contributed by atoms with Gasteiger partial charge in [0.15, 0.2) is 0 Å². The van der Waals surface area contributed by atoms with E-state index in [0.717, 1.165) is 16.8 Å². The first-order chi connectivity index (χ1) is 8.83. The Morgan fingerprint density at radius 1 is 1.00 bits per heavy atom. The number of thiazole rings is 1. The Morgan fingerprint density at radius 3 is 2.72 bits per heavy atom. The van der Waals surface area contributed by atoms with Gasteiger partial charge in [-0.05, 0) is 11.6 Å². The van der Waals surface area contributed by atoms with Gasteiger partial charge in [0.1, 0.15) is 4.34 Å². The summed E-state index contributed by atoms with van der Waals surface area (Å²) in [7, 11) is 0. The molecule has 0 fully saturated rings. The predicted molar refractivity (Wildman–Crippen MR) is 74.4 cm³/mol. The number of hydrogen-bond acceptors (Lipinski definition) is 4. The molecule has 18 heavy (non-hydrogen) atoms. The highest BCUT2D eigenvalue weighted by atomic mass is 35.5. The van der Waals surface area contributed by atoms with Crippen LogP contribution in [0, 0.1) is 0 Å². The molecule has 2 aliphatic rings. The second-order valence-corrected chi connectivity index (χ2v) is 5.29. The highest BCUT2D eigenvalue weighted by molar-refractivity contribution is 7.19. The third-order valence-corrected chi connectivity index (χ3v) is 3.48. The lowest BCUT2D eigenvalue weighted by molar-refractivity contribution is 1.20.